The molecule has 0 saturated carbocycles. The van der Waals surface area contributed by atoms with Gasteiger partial charge in [0.2, 0.25) is 0 Å². The molecule has 72 valence electrons. The Hall–Kier alpha value is 0.755. The second-order valence-electron chi connectivity index (χ2n) is 1.92. The molecule has 0 aromatic carbocycles. The second-order valence-corrected chi connectivity index (χ2v) is 4.82. The Balaban J connectivity index is -0.000000605. The fraction of sp³-hybridized carbons (Fsp3) is 0.500. The molecule has 0 radical (unpaired) electrons. The van der Waals surface area contributed by atoms with E-state index in [4.69, 9.17) is 0 Å². The molecule has 0 unspecified atom stereocenters. The number of hydrogen-bond donors (Lipinski definition) is 0. The van der Waals surface area contributed by atoms with Crippen molar-refractivity contribution < 1.29 is 63.7 Å². The molecule has 14 heavy (non-hydrogen) atoms. The minimum atomic E-state index is -4.38. The summed E-state index contributed by atoms with van der Waals surface area (Å²) in [7, 11) is -8.75. The van der Waals surface area contributed by atoms with E-state index in [-0.39, 0.29) is 37.7 Å². The fourth-order valence-electron chi connectivity index (χ4n) is 0.372. The van der Waals surface area contributed by atoms with E-state index in [1.807, 2.05) is 0 Å². The van der Waals surface area contributed by atoms with Gasteiger partial charge in [-0.05, 0) is 0 Å². The monoisotopic (exact) mass is 228 g/mol. The van der Waals surface area contributed by atoms with E-state index in [1.54, 1.807) is 0 Å². The molecule has 0 aromatic rings. The van der Waals surface area contributed by atoms with Crippen LogP contribution in [0, 0.1) is 0 Å². The van der Waals surface area contributed by atoms with Crippen LogP contribution in [-0.2, 0) is 20.2 Å². The molecule has 0 atom stereocenters. The van der Waals surface area contributed by atoms with Crippen LogP contribution in [0.5, 0.6) is 0 Å². The topological polar surface area (TPSA) is 114 Å². The molecule has 0 N–H and O–H groups in total. The van der Waals surface area contributed by atoms with Gasteiger partial charge < -0.3 is 9.11 Å². The Labute approximate surface area is 107 Å². The van der Waals surface area contributed by atoms with E-state index < -0.39 is 31.7 Å². The Kier molecular flexibility index (Phi) is 11.5. The maximum atomic E-state index is 9.92. The first-order valence-corrected chi connectivity index (χ1v) is 5.88. The zero-order valence-electron chi connectivity index (χ0n) is 7.83. The third kappa shape index (κ3) is 18.5. The molecular formula is C4H6Li2O6S2. The summed E-state index contributed by atoms with van der Waals surface area (Å²) < 4.78 is 59.5. The average Bonchev–Trinajstić information content (AvgIpc) is 1.76. The zero-order chi connectivity index (χ0) is 9.83. The van der Waals surface area contributed by atoms with Crippen molar-refractivity contribution in [2.45, 2.75) is 0 Å². The molecule has 0 fully saturated rings. The maximum absolute atomic E-state index is 9.92. The van der Waals surface area contributed by atoms with Crippen LogP contribution in [0.25, 0.3) is 0 Å². The van der Waals surface area contributed by atoms with Crippen LogP contribution in [0.4, 0.5) is 0 Å². The first-order valence-electron chi connectivity index (χ1n) is 2.73. The van der Waals surface area contributed by atoms with E-state index >= 15 is 0 Å². The van der Waals surface area contributed by atoms with Gasteiger partial charge >= 0.3 is 37.7 Å². The van der Waals surface area contributed by atoms with Crippen molar-refractivity contribution in [1.82, 2.24) is 0 Å². The molecule has 6 nitrogen and oxygen atoms in total. The third-order valence-corrected chi connectivity index (χ3v) is 1.97. The summed E-state index contributed by atoms with van der Waals surface area (Å²) in [6, 6.07) is 0. The number of hydrogen-bond acceptors (Lipinski definition) is 6. The number of rotatable bonds is 4. The smallest absolute Gasteiger partial charge is 0.748 e. The first-order chi connectivity index (χ1) is 5.21. The van der Waals surface area contributed by atoms with Crippen LogP contribution in [0.3, 0.4) is 0 Å². The molecule has 0 bridgehead atoms. The van der Waals surface area contributed by atoms with E-state index in [1.165, 1.54) is 0 Å². The van der Waals surface area contributed by atoms with E-state index in [9.17, 15) is 25.9 Å². The Morgan fingerprint density at radius 2 is 1.00 bits per heavy atom. The molecular weight excluding hydrogens is 222 g/mol. The van der Waals surface area contributed by atoms with E-state index in [2.05, 4.69) is 0 Å². The van der Waals surface area contributed by atoms with Gasteiger partial charge in [0.25, 0.3) is 0 Å². The van der Waals surface area contributed by atoms with E-state index in [0.29, 0.717) is 0 Å². The SMILES string of the molecule is O=S(=O)([O-])C/C=C/CS(=O)(=O)[O-].[Li+].[Li+]. The van der Waals surface area contributed by atoms with Gasteiger partial charge in [-0.3, -0.25) is 0 Å². The summed E-state index contributed by atoms with van der Waals surface area (Å²) in [6.07, 6.45) is 1.66. The average molecular weight is 228 g/mol. The van der Waals surface area contributed by atoms with E-state index in [0.717, 1.165) is 12.2 Å². The molecule has 0 heterocycles. The first kappa shape index (κ1) is 20.2. The molecule has 0 aliphatic carbocycles. The van der Waals surface area contributed by atoms with Gasteiger partial charge in [-0.15, -0.1) is 0 Å². The quantitative estimate of drug-likeness (QED) is 0.268. The van der Waals surface area contributed by atoms with Crippen molar-refractivity contribution in [1.29, 1.82) is 0 Å². The van der Waals surface area contributed by atoms with Gasteiger partial charge in [0.15, 0.2) is 0 Å². The van der Waals surface area contributed by atoms with Crippen molar-refractivity contribution in [3.8, 4) is 0 Å². The zero-order valence-corrected chi connectivity index (χ0v) is 9.47. The molecule has 0 aliphatic heterocycles. The van der Waals surface area contributed by atoms with Crippen molar-refractivity contribution in [3.63, 3.8) is 0 Å². The summed E-state index contributed by atoms with van der Waals surface area (Å²) >= 11 is 0. The summed E-state index contributed by atoms with van der Waals surface area (Å²) in [5, 5.41) is 0. The molecule has 0 aromatic heterocycles. The van der Waals surface area contributed by atoms with Crippen molar-refractivity contribution >= 4 is 20.2 Å². The predicted octanol–water partition coefficient (Wildman–Crippen LogP) is -7.36. The summed E-state index contributed by atoms with van der Waals surface area (Å²) in [4.78, 5) is 0. The van der Waals surface area contributed by atoms with Crippen LogP contribution in [0.2, 0.25) is 0 Å². The van der Waals surface area contributed by atoms with Gasteiger partial charge in [0.05, 0.1) is 31.7 Å². The standard InChI is InChI=1S/C4H8O6S2.2Li/c5-11(6,7)3-1-2-4-12(8,9)10;;/h1-2H,3-4H2,(H,5,6,7)(H,8,9,10);;/q;2*+1/p-2/b2-1+;;. The summed E-state index contributed by atoms with van der Waals surface area (Å²) in [5.41, 5.74) is 0. The minimum absolute atomic E-state index is 0. The molecule has 0 saturated heterocycles. The van der Waals surface area contributed by atoms with Gasteiger partial charge in [0.1, 0.15) is 0 Å². The molecule has 0 spiro atoms. The largest absolute Gasteiger partial charge is 1.00 e. The fourth-order valence-corrected chi connectivity index (χ4v) is 1.12. The van der Waals surface area contributed by atoms with Gasteiger partial charge in [-0.1, -0.05) is 12.2 Å². The molecule has 0 rings (SSSR count). The van der Waals surface area contributed by atoms with Gasteiger partial charge in [-0.25, -0.2) is 16.8 Å². The third-order valence-electron chi connectivity index (χ3n) is 0.767. The van der Waals surface area contributed by atoms with Gasteiger partial charge in [-0.2, -0.15) is 0 Å². The van der Waals surface area contributed by atoms with Crippen LogP contribution in [0.1, 0.15) is 0 Å². The Morgan fingerprint density at radius 3 is 1.14 bits per heavy atom. The minimum Gasteiger partial charge on any atom is -0.748 e. The molecule has 10 heteroatoms. The predicted molar refractivity (Wildman–Crippen MR) is 38.3 cm³/mol. The summed E-state index contributed by atoms with van der Waals surface area (Å²) in [6.45, 7) is 0. The van der Waals surface area contributed by atoms with Crippen molar-refractivity contribution in [3.05, 3.63) is 12.2 Å². The van der Waals surface area contributed by atoms with Crippen LogP contribution < -0.4 is 37.7 Å². The maximum Gasteiger partial charge on any atom is 1.00 e. The normalized spacial score (nSPS) is 11.9. The molecule has 0 aliphatic rings. The summed E-state index contributed by atoms with van der Waals surface area (Å²) in [5.74, 6) is -1.61. The second kappa shape index (κ2) is 7.97. The molecule has 0 amide bonds. The van der Waals surface area contributed by atoms with Crippen molar-refractivity contribution in [2.24, 2.45) is 0 Å². The van der Waals surface area contributed by atoms with Crippen LogP contribution in [0.15, 0.2) is 12.2 Å². The van der Waals surface area contributed by atoms with Crippen LogP contribution >= 0.6 is 0 Å². The Bertz CT molecular complexity index is 319. The van der Waals surface area contributed by atoms with Crippen molar-refractivity contribution in [2.75, 3.05) is 11.5 Å². The van der Waals surface area contributed by atoms with Gasteiger partial charge in [0, 0.05) is 0 Å². The Morgan fingerprint density at radius 1 is 0.786 bits per heavy atom. The van der Waals surface area contributed by atoms with Crippen LogP contribution in [-0.4, -0.2) is 37.4 Å².